The van der Waals surface area contributed by atoms with Crippen LogP contribution in [0.4, 0.5) is 23.8 Å². The van der Waals surface area contributed by atoms with Crippen LogP contribution in [0.15, 0.2) is 30.6 Å². The molecule has 3 heterocycles. The predicted molar refractivity (Wildman–Crippen MR) is 145 cm³/mol. The van der Waals surface area contributed by atoms with E-state index in [1.54, 1.807) is 21.8 Å². The summed E-state index contributed by atoms with van der Waals surface area (Å²) in [7, 11) is 0. The zero-order valence-corrected chi connectivity index (χ0v) is 23.5. The minimum Gasteiger partial charge on any atom is -0.444 e. The third kappa shape index (κ3) is 5.49. The zero-order chi connectivity index (χ0) is 29.9. The van der Waals surface area contributed by atoms with Crippen molar-refractivity contribution in [2.24, 2.45) is 11.1 Å². The largest absolute Gasteiger partial charge is 0.444 e. The second kappa shape index (κ2) is 9.81. The normalized spacial score (nSPS) is 20.9. The molecule has 1 aliphatic heterocycles. The molecule has 5 rings (SSSR count). The van der Waals surface area contributed by atoms with E-state index in [4.69, 9.17) is 16.2 Å². The van der Waals surface area contributed by atoms with Crippen molar-refractivity contribution in [3.8, 4) is 11.3 Å². The molecule has 0 bridgehead atoms. The molecule has 0 radical (unpaired) electrons. The average Bonchev–Trinajstić information content (AvgIpc) is 3.54. The molecule has 1 saturated heterocycles. The van der Waals surface area contributed by atoms with Gasteiger partial charge in [-0.3, -0.25) is 9.48 Å². The molecule has 2 fully saturated rings. The van der Waals surface area contributed by atoms with Gasteiger partial charge in [0.2, 0.25) is 0 Å². The topological polar surface area (TPSA) is 134 Å². The molecule has 10 nitrogen and oxygen atoms in total. The Morgan fingerprint density at radius 1 is 1.20 bits per heavy atom. The zero-order valence-electron chi connectivity index (χ0n) is 23.5. The maximum atomic E-state index is 13.4. The minimum atomic E-state index is -4.46. The predicted octanol–water partition coefficient (Wildman–Crippen LogP) is 4.77. The van der Waals surface area contributed by atoms with Crippen molar-refractivity contribution in [1.29, 1.82) is 0 Å². The summed E-state index contributed by atoms with van der Waals surface area (Å²) < 4.78 is 48.7. The van der Waals surface area contributed by atoms with Gasteiger partial charge in [-0.25, -0.2) is 9.48 Å². The van der Waals surface area contributed by atoms with Crippen LogP contribution in [0.3, 0.4) is 0 Å². The molecule has 1 aromatic carbocycles. The van der Waals surface area contributed by atoms with Gasteiger partial charge in [-0.15, -0.1) is 0 Å². The summed E-state index contributed by atoms with van der Waals surface area (Å²) in [6.45, 7) is 8.22. The van der Waals surface area contributed by atoms with Gasteiger partial charge < -0.3 is 21.1 Å². The summed E-state index contributed by atoms with van der Waals surface area (Å²) in [5.41, 5.74) is 12.1. The highest BCUT2D eigenvalue weighted by molar-refractivity contribution is 6.03. The Morgan fingerprint density at radius 2 is 1.90 bits per heavy atom. The van der Waals surface area contributed by atoms with E-state index in [0.29, 0.717) is 24.2 Å². The van der Waals surface area contributed by atoms with Crippen molar-refractivity contribution >= 4 is 17.8 Å². The van der Waals surface area contributed by atoms with Gasteiger partial charge in [0.15, 0.2) is 0 Å². The Balaban J connectivity index is 1.34. The molecule has 1 spiro atoms. The second-order valence-corrected chi connectivity index (χ2v) is 12.1. The number of hydrogen-bond donors (Lipinski definition) is 2. The van der Waals surface area contributed by atoms with Crippen molar-refractivity contribution in [3.05, 3.63) is 52.8 Å². The van der Waals surface area contributed by atoms with Gasteiger partial charge in [0, 0.05) is 24.8 Å². The lowest BCUT2D eigenvalue weighted by molar-refractivity contribution is -0.138. The van der Waals surface area contributed by atoms with Crippen LogP contribution in [0.5, 0.6) is 0 Å². The van der Waals surface area contributed by atoms with E-state index < -0.39 is 23.2 Å². The summed E-state index contributed by atoms with van der Waals surface area (Å²) in [5.74, 6) is -0.591. The van der Waals surface area contributed by atoms with Gasteiger partial charge in [-0.1, -0.05) is 12.1 Å². The summed E-state index contributed by atoms with van der Waals surface area (Å²) in [4.78, 5) is 26.7. The van der Waals surface area contributed by atoms with Gasteiger partial charge in [-0.2, -0.15) is 23.4 Å². The average molecular weight is 574 g/mol. The number of amides is 2. The number of nitrogens with two attached hydrogens (primary N) is 2. The molecule has 3 aromatic rings. The molecule has 2 aliphatic rings. The maximum absolute atomic E-state index is 13.4. The van der Waals surface area contributed by atoms with Gasteiger partial charge in [-0.05, 0) is 69.6 Å². The number of likely N-dealkylation sites (tertiary alicyclic amines) is 1. The summed E-state index contributed by atoms with van der Waals surface area (Å²) in [6.07, 6.45) is 0.597. The van der Waals surface area contributed by atoms with Crippen LogP contribution in [0, 0.1) is 12.3 Å². The SMILES string of the molecule is Cc1c(Cn2cc(-c3nn(C4CC5(CCN(C(=O)OC(C)(C)C)C5)C4)c(N)c3C(N)=O)cn2)cccc1C(F)(F)F. The van der Waals surface area contributed by atoms with Crippen molar-refractivity contribution in [1.82, 2.24) is 24.5 Å². The van der Waals surface area contributed by atoms with Crippen LogP contribution in [-0.2, 0) is 17.5 Å². The summed E-state index contributed by atoms with van der Waals surface area (Å²) in [5, 5.41) is 8.94. The molecule has 0 atom stereocenters. The molecule has 2 amide bonds. The van der Waals surface area contributed by atoms with Gasteiger partial charge in [0.05, 0.1) is 24.3 Å². The number of carbonyl (C=O) groups is 2. The molecule has 1 aliphatic carbocycles. The quantitative estimate of drug-likeness (QED) is 0.452. The number of alkyl halides is 3. The van der Waals surface area contributed by atoms with E-state index in [2.05, 4.69) is 10.2 Å². The molecule has 41 heavy (non-hydrogen) atoms. The third-order valence-corrected chi connectivity index (χ3v) is 7.96. The fourth-order valence-corrected chi connectivity index (χ4v) is 5.94. The number of nitrogens with zero attached hydrogens (tertiary/aromatic N) is 5. The van der Waals surface area contributed by atoms with Gasteiger partial charge >= 0.3 is 12.3 Å². The van der Waals surface area contributed by atoms with Crippen LogP contribution >= 0.6 is 0 Å². The van der Waals surface area contributed by atoms with E-state index in [9.17, 15) is 22.8 Å². The minimum absolute atomic E-state index is 0.0687. The number of rotatable bonds is 5. The van der Waals surface area contributed by atoms with Crippen molar-refractivity contribution in [2.75, 3.05) is 18.8 Å². The number of ether oxygens (including phenoxy) is 1. The lowest BCUT2D eigenvalue weighted by Gasteiger charge is -2.45. The fraction of sp³-hybridized carbons (Fsp3) is 0.500. The highest BCUT2D eigenvalue weighted by atomic mass is 19.4. The number of nitrogen functional groups attached to an aromatic ring is 1. The Bertz CT molecular complexity index is 1500. The smallest absolute Gasteiger partial charge is 0.416 e. The molecule has 2 aromatic heterocycles. The number of benzene rings is 1. The number of aromatic nitrogens is 4. The molecule has 0 unspecified atom stereocenters. The molecule has 13 heteroatoms. The van der Waals surface area contributed by atoms with E-state index in [1.807, 2.05) is 20.8 Å². The Hall–Kier alpha value is -4.03. The van der Waals surface area contributed by atoms with Crippen LogP contribution in [0.2, 0.25) is 0 Å². The van der Waals surface area contributed by atoms with E-state index in [-0.39, 0.29) is 46.7 Å². The first-order chi connectivity index (χ1) is 19.1. The maximum Gasteiger partial charge on any atom is 0.416 e. The highest BCUT2D eigenvalue weighted by Crippen LogP contribution is 2.55. The number of hydrogen-bond acceptors (Lipinski definition) is 6. The molecule has 1 saturated carbocycles. The van der Waals surface area contributed by atoms with Crippen LogP contribution in [-0.4, -0.2) is 55.2 Å². The van der Waals surface area contributed by atoms with Gasteiger partial charge in [0.25, 0.3) is 5.91 Å². The van der Waals surface area contributed by atoms with Crippen molar-refractivity contribution in [3.63, 3.8) is 0 Å². The Morgan fingerprint density at radius 3 is 2.54 bits per heavy atom. The first-order valence-corrected chi connectivity index (χ1v) is 13.4. The molecular formula is C28H34F3N7O3. The first-order valence-electron chi connectivity index (χ1n) is 13.4. The molecule has 4 N–H and O–H groups in total. The number of carbonyl (C=O) groups excluding carboxylic acids is 2. The van der Waals surface area contributed by atoms with E-state index >= 15 is 0 Å². The van der Waals surface area contributed by atoms with E-state index in [1.165, 1.54) is 23.9 Å². The number of anilines is 1. The van der Waals surface area contributed by atoms with Crippen LogP contribution in [0.25, 0.3) is 11.3 Å². The second-order valence-electron chi connectivity index (χ2n) is 12.1. The summed E-state index contributed by atoms with van der Waals surface area (Å²) >= 11 is 0. The lowest BCUT2D eigenvalue weighted by atomic mass is 9.65. The Kier molecular flexibility index (Phi) is 6.82. The van der Waals surface area contributed by atoms with Crippen molar-refractivity contribution in [2.45, 2.75) is 71.3 Å². The molecule has 220 valence electrons. The summed E-state index contributed by atoms with van der Waals surface area (Å²) in [6, 6.07) is 3.95. The lowest BCUT2D eigenvalue weighted by Crippen LogP contribution is -2.43. The Labute approximate surface area is 235 Å². The van der Waals surface area contributed by atoms with E-state index in [0.717, 1.165) is 25.3 Å². The number of halogens is 3. The van der Waals surface area contributed by atoms with Crippen molar-refractivity contribution < 1.29 is 27.5 Å². The fourth-order valence-electron chi connectivity index (χ4n) is 5.94. The first kappa shape index (κ1) is 28.5. The van der Waals surface area contributed by atoms with Crippen LogP contribution in [0.1, 0.15) is 73.1 Å². The highest BCUT2D eigenvalue weighted by Gasteiger charge is 2.51. The van der Waals surface area contributed by atoms with Crippen LogP contribution < -0.4 is 11.5 Å². The third-order valence-electron chi connectivity index (χ3n) is 7.96. The van der Waals surface area contributed by atoms with Gasteiger partial charge in [0.1, 0.15) is 22.7 Å². The number of primary amides is 1. The molecular weight excluding hydrogens is 539 g/mol. The standard InChI is InChI=1S/C28H34F3N7O3/c1-16-17(6-5-7-20(16)28(29,30)31)13-37-14-18(12-34-37)22-21(24(33)39)23(32)38(35-22)19-10-27(11-19)8-9-36(15-27)25(40)41-26(2,3)4/h5-7,12,14,19H,8-11,13,15,32H2,1-4H3,(H2,33,39). The monoisotopic (exact) mass is 573 g/mol.